The van der Waals surface area contributed by atoms with Gasteiger partial charge in [-0.25, -0.2) is 4.68 Å². The van der Waals surface area contributed by atoms with Crippen LogP contribution < -0.4 is 5.73 Å². The average Bonchev–Trinajstić information content (AvgIpc) is 2.76. The minimum atomic E-state index is 0.314. The third kappa shape index (κ3) is 3.06. The van der Waals surface area contributed by atoms with Crippen molar-refractivity contribution in [2.24, 2.45) is 0 Å². The van der Waals surface area contributed by atoms with Gasteiger partial charge >= 0.3 is 0 Å². The molecule has 2 heterocycles. The van der Waals surface area contributed by atoms with Crippen LogP contribution in [0.1, 0.15) is 30.1 Å². The van der Waals surface area contributed by atoms with Crippen LogP contribution in [0.4, 0.5) is 5.82 Å². The molecule has 4 nitrogen and oxygen atoms in total. The van der Waals surface area contributed by atoms with Gasteiger partial charge in [-0.1, -0.05) is 41.9 Å². The van der Waals surface area contributed by atoms with Crippen LogP contribution in [0.3, 0.4) is 0 Å². The Kier molecular flexibility index (Phi) is 4.17. The first-order chi connectivity index (χ1) is 10.1. The molecular formula is C16H21ClN4. The molecule has 1 aliphatic heterocycles. The molecule has 0 radical (unpaired) electrons. The number of nitrogens with zero attached hydrogens (tertiary/aromatic N) is 3. The Morgan fingerprint density at radius 1 is 1.33 bits per heavy atom. The number of rotatable bonds is 3. The van der Waals surface area contributed by atoms with Gasteiger partial charge in [-0.15, -0.1) is 0 Å². The summed E-state index contributed by atoms with van der Waals surface area (Å²) in [4.78, 5) is 2.47. The fourth-order valence-electron chi connectivity index (χ4n) is 3.04. The van der Waals surface area contributed by atoms with Crippen LogP contribution in [0.25, 0.3) is 0 Å². The Hall–Kier alpha value is -1.52. The number of aromatic nitrogens is 2. The maximum absolute atomic E-state index is 6.16. The number of benzene rings is 1. The molecule has 5 heteroatoms. The maximum Gasteiger partial charge on any atom is 0.141 e. The predicted molar refractivity (Wildman–Crippen MR) is 86.4 cm³/mol. The van der Waals surface area contributed by atoms with Gasteiger partial charge in [0.1, 0.15) is 10.8 Å². The molecule has 2 aromatic rings. The van der Waals surface area contributed by atoms with Crippen molar-refractivity contribution in [2.75, 3.05) is 18.8 Å². The summed E-state index contributed by atoms with van der Waals surface area (Å²) in [7, 11) is 0. The van der Waals surface area contributed by atoms with E-state index in [1.54, 1.807) is 0 Å². The van der Waals surface area contributed by atoms with E-state index in [1.165, 1.54) is 5.56 Å². The van der Waals surface area contributed by atoms with Crippen molar-refractivity contribution in [1.82, 2.24) is 14.7 Å². The van der Waals surface area contributed by atoms with Crippen molar-refractivity contribution < 1.29 is 0 Å². The Bertz CT molecular complexity index is 608. The fraction of sp³-hybridized carbons (Fsp3) is 0.438. The third-order valence-electron chi connectivity index (χ3n) is 4.12. The molecule has 1 aliphatic rings. The SMILES string of the molecule is Cc1nn(C2CCCN(Cc3ccccc3)C2)c(N)c1Cl. The molecule has 0 bridgehead atoms. The van der Waals surface area contributed by atoms with Gasteiger partial charge in [-0.3, -0.25) is 4.90 Å². The van der Waals surface area contributed by atoms with E-state index >= 15 is 0 Å². The van der Waals surface area contributed by atoms with Gasteiger partial charge in [0.05, 0.1) is 11.7 Å². The van der Waals surface area contributed by atoms with Crippen LogP contribution >= 0.6 is 11.6 Å². The number of nitrogen functional groups attached to an aromatic ring is 1. The number of hydrogen-bond donors (Lipinski definition) is 1. The predicted octanol–water partition coefficient (Wildman–Crippen LogP) is 3.26. The summed E-state index contributed by atoms with van der Waals surface area (Å²) in [5.74, 6) is 0.598. The second kappa shape index (κ2) is 6.08. The second-order valence-electron chi connectivity index (χ2n) is 5.75. The smallest absolute Gasteiger partial charge is 0.141 e. The molecular weight excluding hydrogens is 284 g/mol. The molecule has 2 N–H and O–H groups in total. The molecule has 0 aliphatic carbocycles. The van der Waals surface area contributed by atoms with Crippen LogP contribution in [-0.4, -0.2) is 27.8 Å². The molecule has 0 amide bonds. The van der Waals surface area contributed by atoms with E-state index in [0.29, 0.717) is 16.9 Å². The third-order valence-corrected chi connectivity index (χ3v) is 4.59. The summed E-state index contributed by atoms with van der Waals surface area (Å²) >= 11 is 6.16. The zero-order valence-electron chi connectivity index (χ0n) is 12.3. The highest BCUT2D eigenvalue weighted by Gasteiger charge is 2.24. The van der Waals surface area contributed by atoms with Crippen molar-refractivity contribution >= 4 is 17.4 Å². The molecule has 1 fully saturated rings. The van der Waals surface area contributed by atoms with Crippen molar-refractivity contribution in [3.8, 4) is 0 Å². The van der Waals surface area contributed by atoms with Crippen LogP contribution in [-0.2, 0) is 6.54 Å². The first-order valence-corrected chi connectivity index (χ1v) is 7.79. The Morgan fingerprint density at radius 3 is 2.76 bits per heavy atom. The molecule has 21 heavy (non-hydrogen) atoms. The molecule has 1 aromatic carbocycles. The minimum absolute atomic E-state index is 0.314. The maximum atomic E-state index is 6.16. The van der Waals surface area contributed by atoms with Crippen molar-refractivity contribution in [1.29, 1.82) is 0 Å². The normalized spacial score (nSPS) is 19.8. The molecule has 0 saturated carbocycles. The summed E-state index contributed by atoms with van der Waals surface area (Å²) in [5, 5.41) is 5.10. The Balaban J connectivity index is 1.72. The number of nitrogens with two attached hydrogens (primary N) is 1. The first kappa shape index (κ1) is 14.4. The number of piperidine rings is 1. The molecule has 112 valence electrons. The summed E-state index contributed by atoms with van der Waals surface area (Å²) < 4.78 is 1.91. The van der Waals surface area contributed by atoms with E-state index in [9.17, 15) is 0 Å². The van der Waals surface area contributed by atoms with Crippen LogP contribution in [0.5, 0.6) is 0 Å². The van der Waals surface area contributed by atoms with Crippen LogP contribution in [0.15, 0.2) is 30.3 Å². The van der Waals surface area contributed by atoms with Crippen LogP contribution in [0, 0.1) is 6.92 Å². The number of likely N-dealkylation sites (tertiary alicyclic amines) is 1. The highest BCUT2D eigenvalue weighted by molar-refractivity contribution is 6.33. The minimum Gasteiger partial charge on any atom is -0.383 e. The summed E-state index contributed by atoms with van der Waals surface area (Å²) in [5.41, 5.74) is 8.24. The van der Waals surface area contributed by atoms with Gasteiger partial charge < -0.3 is 5.73 Å². The Labute approximate surface area is 130 Å². The van der Waals surface area contributed by atoms with Gasteiger partial charge in [0, 0.05) is 13.1 Å². The zero-order valence-corrected chi connectivity index (χ0v) is 13.1. The number of aryl methyl sites for hydroxylation is 1. The number of halogens is 1. The van der Waals surface area contributed by atoms with E-state index in [4.69, 9.17) is 17.3 Å². The van der Waals surface area contributed by atoms with Gasteiger partial charge in [-0.2, -0.15) is 5.10 Å². The van der Waals surface area contributed by atoms with E-state index in [1.807, 2.05) is 11.6 Å². The number of anilines is 1. The summed E-state index contributed by atoms with van der Waals surface area (Å²) in [6, 6.07) is 10.9. The highest BCUT2D eigenvalue weighted by Crippen LogP contribution is 2.30. The van der Waals surface area contributed by atoms with E-state index in [-0.39, 0.29) is 0 Å². The van der Waals surface area contributed by atoms with Gasteiger partial charge in [0.15, 0.2) is 0 Å². The highest BCUT2D eigenvalue weighted by atomic mass is 35.5. The van der Waals surface area contributed by atoms with Gasteiger partial charge in [-0.05, 0) is 31.9 Å². The van der Waals surface area contributed by atoms with E-state index in [0.717, 1.165) is 38.2 Å². The monoisotopic (exact) mass is 304 g/mol. The number of hydrogen-bond acceptors (Lipinski definition) is 3. The largest absolute Gasteiger partial charge is 0.383 e. The van der Waals surface area contributed by atoms with Gasteiger partial charge in [0.2, 0.25) is 0 Å². The van der Waals surface area contributed by atoms with Crippen molar-refractivity contribution in [2.45, 2.75) is 32.4 Å². The second-order valence-corrected chi connectivity index (χ2v) is 6.12. The van der Waals surface area contributed by atoms with E-state index in [2.05, 4.69) is 40.3 Å². The molecule has 3 rings (SSSR count). The summed E-state index contributed by atoms with van der Waals surface area (Å²) in [6.45, 7) is 4.97. The van der Waals surface area contributed by atoms with Crippen molar-refractivity contribution in [3.05, 3.63) is 46.6 Å². The van der Waals surface area contributed by atoms with E-state index < -0.39 is 0 Å². The lowest BCUT2D eigenvalue weighted by atomic mass is 10.0. The lowest BCUT2D eigenvalue weighted by molar-refractivity contribution is 0.164. The zero-order chi connectivity index (χ0) is 14.8. The van der Waals surface area contributed by atoms with Gasteiger partial charge in [0.25, 0.3) is 0 Å². The molecule has 1 aromatic heterocycles. The first-order valence-electron chi connectivity index (χ1n) is 7.41. The lowest BCUT2D eigenvalue weighted by Gasteiger charge is -2.33. The molecule has 1 atom stereocenters. The Morgan fingerprint density at radius 2 is 2.10 bits per heavy atom. The molecule has 1 unspecified atom stereocenters. The standard InChI is InChI=1S/C16H21ClN4/c1-12-15(17)16(18)21(19-12)14-8-5-9-20(11-14)10-13-6-3-2-4-7-13/h2-4,6-7,14H,5,8-11,18H2,1H3. The van der Waals surface area contributed by atoms with Crippen molar-refractivity contribution in [3.63, 3.8) is 0 Å². The fourth-order valence-corrected chi connectivity index (χ4v) is 3.16. The molecule has 1 saturated heterocycles. The summed E-state index contributed by atoms with van der Waals surface area (Å²) in [6.07, 6.45) is 2.26. The quantitative estimate of drug-likeness (QED) is 0.946. The topological polar surface area (TPSA) is 47.1 Å². The van der Waals surface area contributed by atoms with Crippen LogP contribution in [0.2, 0.25) is 5.02 Å². The molecule has 0 spiro atoms. The lowest BCUT2D eigenvalue weighted by Crippen LogP contribution is -2.36. The average molecular weight is 305 g/mol.